The highest BCUT2D eigenvalue weighted by Gasteiger charge is 2.19. The molecule has 4 rings (SSSR count). The summed E-state index contributed by atoms with van der Waals surface area (Å²) in [6, 6.07) is 16.7. The molecule has 3 aromatic rings. The molecule has 0 bridgehead atoms. The number of benzene rings is 2. The highest BCUT2D eigenvalue weighted by molar-refractivity contribution is 7.10. The van der Waals surface area contributed by atoms with E-state index in [2.05, 4.69) is 46.3 Å². The number of nitrogens with one attached hydrogen (secondary N) is 2. The van der Waals surface area contributed by atoms with Gasteiger partial charge in [0, 0.05) is 4.88 Å². The first-order valence-corrected chi connectivity index (χ1v) is 10.8. The summed E-state index contributed by atoms with van der Waals surface area (Å²) in [5.41, 5.74) is 5.89. The van der Waals surface area contributed by atoms with Crippen molar-refractivity contribution in [2.24, 2.45) is 0 Å². The fraction of sp³-hybridized carbons (Fsp3) is 0.292. The number of carbonyl (C=O) groups excluding carboxylic acids is 1. The summed E-state index contributed by atoms with van der Waals surface area (Å²) in [6.45, 7) is 2.21. The first-order chi connectivity index (χ1) is 14.1. The van der Waals surface area contributed by atoms with Crippen LogP contribution in [0.4, 0.5) is 5.69 Å². The zero-order valence-electron chi connectivity index (χ0n) is 16.8. The van der Waals surface area contributed by atoms with Gasteiger partial charge in [0.05, 0.1) is 25.4 Å². The minimum Gasteiger partial charge on any atom is -0.495 e. The molecule has 1 amide bonds. The minimum absolute atomic E-state index is 0.00561. The van der Waals surface area contributed by atoms with Crippen molar-refractivity contribution in [3.05, 3.63) is 81.0 Å². The summed E-state index contributed by atoms with van der Waals surface area (Å²) < 4.78 is 5.36. The Bertz CT molecular complexity index is 998. The van der Waals surface area contributed by atoms with Crippen molar-refractivity contribution < 1.29 is 9.53 Å². The van der Waals surface area contributed by atoms with Gasteiger partial charge in [-0.25, -0.2) is 0 Å². The van der Waals surface area contributed by atoms with Gasteiger partial charge in [0.15, 0.2) is 0 Å². The monoisotopic (exact) mass is 406 g/mol. The normalized spacial score (nSPS) is 13.7. The second-order valence-electron chi connectivity index (χ2n) is 7.46. The molecule has 1 aliphatic rings. The molecule has 2 aromatic carbocycles. The number of ether oxygens (including phenoxy) is 1. The van der Waals surface area contributed by atoms with Crippen molar-refractivity contribution in [3.8, 4) is 5.75 Å². The zero-order valence-corrected chi connectivity index (χ0v) is 17.6. The van der Waals surface area contributed by atoms with Gasteiger partial charge in [0.1, 0.15) is 5.75 Å². The number of methoxy groups -OCH3 is 1. The predicted octanol–water partition coefficient (Wildman–Crippen LogP) is 4.87. The van der Waals surface area contributed by atoms with E-state index in [0.717, 1.165) is 12.0 Å². The van der Waals surface area contributed by atoms with E-state index in [1.54, 1.807) is 18.4 Å². The third-order valence-electron chi connectivity index (χ3n) is 5.38. The lowest BCUT2D eigenvalue weighted by Crippen LogP contribution is -2.31. The minimum atomic E-state index is -0.0865. The Morgan fingerprint density at radius 1 is 1.14 bits per heavy atom. The molecule has 29 heavy (non-hydrogen) atoms. The molecule has 0 saturated carbocycles. The molecule has 0 radical (unpaired) electrons. The van der Waals surface area contributed by atoms with Gasteiger partial charge in [-0.05, 0) is 72.0 Å². The zero-order chi connectivity index (χ0) is 20.2. The molecule has 150 valence electrons. The maximum Gasteiger partial charge on any atom is 0.238 e. The lowest BCUT2D eigenvalue weighted by atomic mass is 10.00. The summed E-state index contributed by atoms with van der Waals surface area (Å²) in [5.74, 6) is 0.578. The number of thiophene rings is 1. The van der Waals surface area contributed by atoms with Crippen LogP contribution in [0.2, 0.25) is 0 Å². The van der Waals surface area contributed by atoms with Gasteiger partial charge in [-0.1, -0.05) is 30.3 Å². The summed E-state index contributed by atoms with van der Waals surface area (Å²) in [6.07, 6.45) is 3.55. The number of aryl methyl sites for hydroxylation is 3. The van der Waals surface area contributed by atoms with Gasteiger partial charge < -0.3 is 10.1 Å². The van der Waals surface area contributed by atoms with E-state index >= 15 is 0 Å². The highest BCUT2D eigenvalue weighted by Crippen LogP contribution is 2.30. The van der Waals surface area contributed by atoms with Gasteiger partial charge in [-0.3, -0.25) is 10.1 Å². The van der Waals surface area contributed by atoms with Crippen molar-refractivity contribution in [3.63, 3.8) is 0 Å². The van der Waals surface area contributed by atoms with Crippen molar-refractivity contribution in [1.82, 2.24) is 5.32 Å². The van der Waals surface area contributed by atoms with Crippen LogP contribution in [-0.4, -0.2) is 19.6 Å². The Hall–Kier alpha value is -2.63. The van der Waals surface area contributed by atoms with Crippen molar-refractivity contribution >= 4 is 22.9 Å². The largest absolute Gasteiger partial charge is 0.495 e. The van der Waals surface area contributed by atoms with E-state index in [0.29, 0.717) is 11.4 Å². The maximum atomic E-state index is 12.7. The van der Waals surface area contributed by atoms with Gasteiger partial charge >= 0.3 is 0 Å². The van der Waals surface area contributed by atoms with Crippen LogP contribution in [0, 0.1) is 6.92 Å². The molecular formula is C24H26N2O2S. The molecule has 0 saturated heterocycles. The lowest BCUT2D eigenvalue weighted by molar-refractivity contribution is -0.115. The van der Waals surface area contributed by atoms with E-state index < -0.39 is 0 Å². The standard InChI is InChI=1S/C24H26N2O2S/c1-16-8-11-21(28-2)20(13-16)26-23(27)15-25-24(22-7-4-12-29-22)19-10-9-17-5-3-6-18(17)14-19/h4,7-14,24-25H,3,5-6,15H2,1-2H3,(H,26,27)/t24-/m0/s1. The smallest absolute Gasteiger partial charge is 0.238 e. The van der Waals surface area contributed by atoms with Gasteiger partial charge in [0.2, 0.25) is 5.91 Å². The third kappa shape index (κ3) is 4.52. The summed E-state index contributed by atoms with van der Waals surface area (Å²) in [7, 11) is 1.61. The summed E-state index contributed by atoms with van der Waals surface area (Å²) in [4.78, 5) is 13.9. The van der Waals surface area contributed by atoms with Crippen molar-refractivity contribution in [2.45, 2.75) is 32.2 Å². The molecule has 0 aliphatic heterocycles. The van der Waals surface area contributed by atoms with Gasteiger partial charge in [-0.2, -0.15) is 0 Å². The molecule has 0 fully saturated rings. The Morgan fingerprint density at radius 3 is 2.79 bits per heavy atom. The van der Waals surface area contributed by atoms with Crippen LogP contribution >= 0.6 is 11.3 Å². The van der Waals surface area contributed by atoms with E-state index in [-0.39, 0.29) is 18.5 Å². The number of carbonyl (C=O) groups is 1. The average Bonchev–Trinajstić information content (AvgIpc) is 3.40. The van der Waals surface area contributed by atoms with E-state index in [1.165, 1.54) is 34.4 Å². The van der Waals surface area contributed by atoms with Gasteiger partial charge in [-0.15, -0.1) is 11.3 Å². The van der Waals surface area contributed by atoms with E-state index in [4.69, 9.17) is 4.74 Å². The summed E-state index contributed by atoms with van der Waals surface area (Å²) >= 11 is 1.71. The fourth-order valence-corrected chi connectivity index (χ4v) is 4.75. The van der Waals surface area contributed by atoms with Crippen LogP contribution in [0.1, 0.15) is 39.6 Å². The SMILES string of the molecule is COc1ccc(C)cc1NC(=O)CN[C@@H](c1ccc2c(c1)CCC2)c1cccs1. The molecule has 1 heterocycles. The van der Waals surface area contributed by atoms with Crippen LogP contribution in [0.15, 0.2) is 53.9 Å². The second-order valence-corrected chi connectivity index (χ2v) is 8.44. The molecule has 0 spiro atoms. The van der Waals surface area contributed by atoms with Crippen molar-refractivity contribution in [2.75, 3.05) is 19.0 Å². The Balaban J connectivity index is 1.49. The van der Waals surface area contributed by atoms with Crippen LogP contribution in [0.3, 0.4) is 0 Å². The molecule has 1 aromatic heterocycles. The molecule has 1 atom stereocenters. The van der Waals surface area contributed by atoms with Crippen LogP contribution < -0.4 is 15.4 Å². The van der Waals surface area contributed by atoms with Crippen LogP contribution in [0.5, 0.6) is 5.75 Å². The Kier molecular flexibility index (Phi) is 5.97. The summed E-state index contributed by atoms with van der Waals surface area (Å²) in [5, 5.41) is 8.51. The molecule has 0 unspecified atom stereocenters. The molecule has 1 aliphatic carbocycles. The molecule has 4 nitrogen and oxygen atoms in total. The Labute approximate surface area is 175 Å². The van der Waals surface area contributed by atoms with E-state index in [1.807, 2.05) is 25.1 Å². The highest BCUT2D eigenvalue weighted by atomic mass is 32.1. The van der Waals surface area contributed by atoms with Crippen LogP contribution in [-0.2, 0) is 17.6 Å². The van der Waals surface area contributed by atoms with Crippen LogP contribution in [0.25, 0.3) is 0 Å². The topological polar surface area (TPSA) is 50.4 Å². The predicted molar refractivity (Wildman–Crippen MR) is 119 cm³/mol. The number of fused-ring (bicyclic) bond motifs is 1. The first-order valence-electron chi connectivity index (χ1n) is 9.97. The van der Waals surface area contributed by atoms with Gasteiger partial charge in [0.25, 0.3) is 0 Å². The molecule has 2 N–H and O–H groups in total. The number of hydrogen-bond donors (Lipinski definition) is 2. The number of amides is 1. The average molecular weight is 407 g/mol. The first kappa shape index (κ1) is 19.7. The fourth-order valence-electron chi connectivity index (χ4n) is 3.92. The number of rotatable bonds is 7. The van der Waals surface area contributed by atoms with E-state index in [9.17, 15) is 4.79 Å². The Morgan fingerprint density at radius 2 is 2.00 bits per heavy atom. The molecular weight excluding hydrogens is 380 g/mol. The lowest BCUT2D eigenvalue weighted by Gasteiger charge is -2.19. The van der Waals surface area contributed by atoms with Crippen molar-refractivity contribution in [1.29, 1.82) is 0 Å². The maximum absolute atomic E-state index is 12.7. The molecule has 5 heteroatoms. The quantitative estimate of drug-likeness (QED) is 0.588. The third-order valence-corrected chi connectivity index (χ3v) is 6.32. The number of hydrogen-bond acceptors (Lipinski definition) is 4. The number of anilines is 1. The second kappa shape index (κ2) is 8.80.